The second kappa shape index (κ2) is 7.99. The van der Waals surface area contributed by atoms with Crippen molar-refractivity contribution in [1.29, 1.82) is 0 Å². The Morgan fingerprint density at radius 2 is 1.97 bits per heavy atom. The Morgan fingerprint density at radius 3 is 2.67 bits per heavy atom. The predicted molar refractivity (Wildman–Crippen MR) is 110 cm³/mol. The summed E-state index contributed by atoms with van der Waals surface area (Å²) in [6, 6.07) is 9.59. The van der Waals surface area contributed by atoms with Gasteiger partial charge in [-0.3, -0.25) is 19.5 Å². The van der Waals surface area contributed by atoms with E-state index < -0.39 is 16.6 Å². The maximum absolute atomic E-state index is 12.5. The Labute approximate surface area is 170 Å². The molecule has 1 aromatic heterocycles. The van der Waals surface area contributed by atoms with Crippen molar-refractivity contribution >= 4 is 34.1 Å². The van der Waals surface area contributed by atoms with Crippen molar-refractivity contribution in [2.24, 2.45) is 0 Å². The van der Waals surface area contributed by atoms with Crippen molar-refractivity contribution < 1.29 is 18.9 Å². The maximum Gasteiger partial charge on any atom is 0.420 e. The van der Waals surface area contributed by atoms with Gasteiger partial charge in [0.25, 0.3) is 5.69 Å². The van der Waals surface area contributed by atoms with Crippen molar-refractivity contribution in [2.75, 3.05) is 36.5 Å². The highest BCUT2D eigenvalue weighted by Gasteiger charge is 2.17. The highest BCUT2D eigenvalue weighted by atomic mass is 16.6. The third kappa shape index (κ3) is 3.90. The maximum atomic E-state index is 12.5. The molecule has 2 heterocycles. The van der Waals surface area contributed by atoms with Crippen LogP contribution in [0.3, 0.4) is 0 Å². The monoisotopic (exact) mass is 412 g/mol. The minimum absolute atomic E-state index is 0.0630. The van der Waals surface area contributed by atoms with E-state index in [9.17, 15) is 19.7 Å². The molecular formula is C20H20N4O6. The third-order valence-corrected chi connectivity index (χ3v) is 5.02. The second-order valence-electron chi connectivity index (χ2n) is 7.01. The van der Waals surface area contributed by atoms with Crippen molar-refractivity contribution in [3.63, 3.8) is 0 Å². The Hall–Kier alpha value is -3.66. The summed E-state index contributed by atoms with van der Waals surface area (Å²) in [7, 11) is 0. The summed E-state index contributed by atoms with van der Waals surface area (Å²) in [5.74, 6) is -1.15. The number of carbonyl (C=O) groups is 1. The second-order valence-corrected chi connectivity index (χ2v) is 7.01. The van der Waals surface area contributed by atoms with Gasteiger partial charge in [0.2, 0.25) is 5.91 Å². The van der Waals surface area contributed by atoms with Crippen molar-refractivity contribution in [2.45, 2.75) is 13.5 Å². The minimum Gasteiger partial charge on any atom is -0.407 e. The van der Waals surface area contributed by atoms with Crippen LogP contribution in [0.4, 0.5) is 17.1 Å². The molecule has 1 N–H and O–H groups in total. The van der Waals surface area contributed by atoms with Gasteiger partial charge in [0, 0.05) is 30.5 Å². The molecule has 0 aliphatic carbocycles. The van der Waals surface area contributed by atoms with Crippen LogP contribution < -0.4 is 16.0 Å². The first-order valence-corrected chi connectivity index (χ1v) is 9.43. The lowest BCUT2D eigenvalue weighted by Crippen LogP contribution is -2.36. The normalized spacial score (nSPS) is 14.1. The smallest absolute Gasteiger partial charge is 0.407 e. The fourth-order valence-electron chi connectivity index (χ4n) is 3.46. The molecule has 0 atom stereocenters. The highest BCUT2D eigenvalue weighted by Crippen LogP contribution is 2.24. The van der Waals surface area contributed by atoms with Crippen LogP contribution in [-0.2, 0) is 16.1 Å². The number of rotatable bonds is 5. The molecule has 1 amide bonds. The summed E-state index contributed by atoms with van der Waals surface area (Å²) >= 11 is 0. The number of aromatic nitrogens is 1. The number of oxazole rings is 1. The van der Waals surface area contributed by atoms with Gasteiger partial charge in [-0.25, -0.2) is 4.79 Å². The third-order valence-electron chi connectivity index (χ3n) is 5.02. The fourth-order valence-corrected chi connectivity index (χ4v) is 3.46. The van der Waals surface area contributed by atoms with Crippen LogP contribution in [0.2, 0.25) is 0 Å². The van der Waals surface area contributed by atoms with Crippen LogP contribution >= 0.6 is 0 Å². The lowest BCUT2D eigenvalue weighted by Gasteiger charge is -2.29. The first-order valence-electron chi connectivity index (χ1n) is 9.43. The summed E-state index contributed by atoms with van der Waals surface area (Å²) in [4.78, 5) is 37.2. The molecule has 0 radical (unpaired) electrons. The van der Waals surface area contributed by atoms with Crippen LogP contribution in [0.5, 0.6) is 0 Å². The molecule has 0 spiro atoms. The molecule has 30 heavy (non-hydrogen) atoms. The minimum atomic E-state index is -0.750. The van der Waals surface area contributed by atoms with E-state index in [0.717, 1.165) is 28.9 Å². The van der Waals surface area contributed by atoms with E-state index in [1.165, 1.54) is 18.2 Å². The molecule has 0 bridgehead atoms. The molecule has 1 aliphatic rings. The van der Waals surface area contributed by atoms with Gasteiger partial charge in [-0.15, -0.1) is 0 Å². The molecule has 1 aliphatic heterocycles. The molecule has 0 saturated carbocycles. The average Bonchev–Trinajstić information content (AvgIpc) is 3.04. The number of carbonyl (C=O) groups excluding carboxylic acids is 1. The van der Waals surface area contributed by atoms with Gasteiger partial charge in [-0.05, 0) is 36.8 Å². The van der Waals surface area contributed by atoms with Crippen LogP contribution in [0.1, 0.15) is 5.56 Å². The number of nitro benzene ring substituents is 1. The zero-order valence-corrected chi connectivity index (χ0v) is 16.3. The van der Waals surface area contributed by atoms with E-state index in [4.69, 9.17) is 9.15 Å². The number of ether oxygens (including phenoxy) is 1. The summed E-state index contributed by atoms with van der Waals surface area (Å²) in [5.41, 5.74) is 2.80. The molecule has 3 aromatic rings. The number of hydrogen-bond donors (Lipinski definition) is 1. The van der Waals surface area contributed by atoms with Gasteiger partial charge in [-0.2, -0.15) is 0 Å². The Kier molecular flexibility index (Phi) is 5.23. The van der Waals surface area contributed by atoms with Crippen molar-refractivity contribution in [1.82, 2.24) is 4.57 Å². The van der Waals surface area contributed by atoms with Gasteiger partial charge < -0.3 is 19.4 Å². The Bertz CT molecular complexity index is 1180. The quantitative estimate of drug-likeness (QED) is 0.504. The molecule has 156 valence electrons. The summed E-state index contributed by atoms with van der Waals surface area (Å²) in [5, 5.41) is 13.7. The van der Waals surface area contributed by atoms with Crippen LogP contribution in [0.15, 0.2) is 45.6 Å². The van der Waals surface area contributed by atoms with Crippen molar-refractivity contribution in [3.05, 3.63) is 62.6 Å². The lowest BCUT2D eigenvalue weighted by atomic mass is 10.1. The molecule has 0 unspecified atom stereocenters. The number of anilines is 2. The fraction of sp³-hybridized carbons (Fsp3) is 0.300. The number of benzene rings is 2. The molecule has 1 saturated heterocycles. The number of nitro groups is 1. The number of nitrogens with one attached hydrogen (secondary N) is 1. The van der Waals surface area contributed by atoms with Crippen LogP contribution in [0.25, 0.3) is 11.1 Å². The topological polar surface area (TPSA) is 120 Å². The van der Waals surface area contributed by atoms with Crippen molar-refractivity contribution in [3.8, 4) is 0 Å². The number of hydrogen-bond acceptors (Lipinski definition) is 7. The van der Waals surface area contributed by atoms with E-state index in [0.29, 0.717) is 24.4 Å². The molecule has 10 nitrogen and oxygen atoms in total. The van der Waals surface area contributed by atoms with E-state index in [1.807, 2.05) is 25.1 Å². The number of non-ortho nitro benzene ring substituents is 1. The number of aryl methyl sites for hydroxylation is 1. The molecule has 1 fully saturated rings. The zero-order chi connectivity index (χ0) is 21.3. The number of fused-ring (bicyclic) bond motifs is 1. The Morgan fingerprint density at radius 1 is 1.20 bits per heavy atom. The molecule has 2 aromatic carbocycles. The summed E-state index contributed by atoms with van der Waals surface area (Å²) in [6.07, 6.45) is 0. The van der Waals surface area contributed by atoms with E-state index in [-0.39, 0.29) is 17.8 Å². The molecular weight excluding hydrogens is 392 g/mol. The van der Waals surface area contributed by atoms with E-state index in [1.54, 1.807) is 0 Å². The largest absolute Gasteiger partial charge is 0.420 e. The lowest BCUT2D eigenvalue weighted by molar-refractivity contribution is -0.384. The Balaban J connectivity index is 1.50. The molecule has 10 heteroatoms. The molecule has 4 rings (SSSR count). The average molecular weight is 412 g/mol. The van der Waals surface area contributed by atoms with E-state index in [2.05, 4.69) is 10.2 Å². The summed E-state index contributed by atoms with van der Waals surface area (Å²) < 4.78 is 11.6. The van der Waals surface area contributed by atoms with Gasteiger partial charge in [-0.1, -0.05) is 0 Å². The number of nitrogens with zero attached hydrogens (tertiary/aromatic N) is 3. The highest BCUT2D eigenvalue weighted by molar-refractivity contribution is 5.92. The summed E-state index contributed by atoms with van der Waals surface area (Å²) in [6.45, 7) is 4.65. The number of morpholine rings is 1. The van der Waals surface area contributed by atoms with E-state index >= 15 is 0 Å². The van der Waals surface area contributed by atoms with Crippen LogP contribution in [0, 0.1) is 17.0 Å². The van der Waals surface area contributed by atoms with Gasteiger partial charge in [0.1, 0.15) is 6.54 Å². The standard InChI is InChI=1S/C20H20N4O6/c1-13-10-14(22-6-8-29-9-7-22)2-4-16(13)21-19(25)12-23-17-5-3-15(24(27)28)11-18(17)30-20(23)26/h2-5,10-11H,6-9,12H2,1H3,(H,21,25). The van der Waals surface area contributed by atoms with Gasteiger partial charge in [0.15, 0.2) is 5.58 Å². The first kappa shape index (κ1) is 19.6. The number of amides is 1. The zero-order valence-electron chi connectivity index (χ0n) is 16.3. The van der Waals surface area contributed by atoms with Crippen LogP contribution in [-0.4, -0.2) is 41.7 Å². The van der Waals surface area contributed by atoms with Gasteiger partial charge >= 0.3 is 5.76 Å². The predicted octanol–water partition coefficient (Wildman–Crippen LogP) is 2.29. The van der Waals surface area contributed by atoms with Gasteiger partial charge in [0.05, 0.1) is 29.7 Å². The SMILES string of the molecule is Cc1cc(N2CCOCC2)ccc1NC(=O)Cn1c(=O)oc2cc([N+](=O)[O-])ccc21. The first-order chi connectivity index (χ1) is 14.4.